The zero-order valence-corrected chi connectivity index (χ0v) is 12.8. The van der Waals surface area contributed by atoms with Crippen molar-refractivity contribution in [3.8, 4) is 0 Å². The van der Waals surface area contributed by atoms with Crippen LogP contribution in [0.1, 0.15) is 6.92 Å². The van der Waals surface area contributed by atoms with Crippen molar-refractivity contribution >= 4 is 45.2 Å². The predicted octanol–water partition coefficient (Wildman–Crippen LogP) is 3.29. The number of hydrogen-bond donors (Lipinski definition) is 2. The summed E-state index contributed by atoms with van der Waals surface area (Å²) in [5, 5.41) is 11.9. The molecule has 104 valence electrons. The first-order valence-corrected chi connectivity index (χ1v) is 6.68. The Morgan fingerprint density at radius 3 is 2.68 bits per heavy atom. The number of carboxylic acid groups (broad SMARTS) is 1. The monoisotopic (exact) mass is 348 g/mol. The third kappa shape index (κ3) is 4.72. The third-order valence-electron chi connectivity index (χ3n) is 2.49. The number of urea groups is 1. The highest BCUT2D eigenvalue weighted by Gasteiger charge is 2.17. The molecule has 0 bridgehead atoms. The van der Waals surface area contributed by atoms with Crippen LogP contribution in [0.2, 0.25) is 5.02 Å². The molecular weight excluding hydrogens is 336 g/mol. The number of hydrogen-bond acceptors (Lipinski definition) is 2. The van der Waals surface area contributed by atoms with Gasteiger partial charge in [0.25, 0.3) is 0 Å². The summed E-state index contributed by atoms with van der Waals surface area (Å²) in [7, 11) is 1.54. The van der Waals surface area contributed by atoms with E-state index in [4.69, 9.17) is 16.7 Å². The number of nitrogens with zero attached hydrogens (tertiary/aromatic N) is 1. The third-order valence-corrected chi connectivity index (χ3v) is 3.72. The molecule has 0 fully saturated rings. The lowest BCUT2D eigenvalue weighted by Crippen LogP contribution is -2.36. The summed E-state index contributed by atoms with van der Waals surface area (Å²) in [5.41, 5.74) is 0.549. The Morgan fingerprint density at radius 1 is 1.53 bits per heavy atom. The molecule has 5 nitrogen and oxygen atoms in total. The summed E-state index contributed by atoms with van der Waals surface area (Å²) in [4.78, 5) is 23.9. The average molecular weight is 350 g/mol. The van der Waals surface area contributed by atoms with Crippen LogP contribution in [0, 0.1) is 5.92 Å². The van der Waals surface area contributed by atoms with Crippen LogP contribution in [-0.2, 0) is 4.79 Å². The van der Waals surface area contributed by atoms with E-state index >= 15 is 0 Å². The molecule has 0 aliphatic rings. The van der Waals surface area contributed by atoms with Gasteiger partial charge in [0, 0.05) is 23.8 Å². The van der Waals surface area contributed by atoms with Crippen molar-refractivity contribution in [3.63, 3.8) is 0 Å². The first-order valence-electron chi connectivity index (χ1n) is 5.51. The maximum atomic E-state index is 11.8. The first-order chi connectivity index (χ1) is 8.81. The van der Waals surface area contributed by atoms with Crippen molar-refractivity contribution in [1.29, 1.82) is 0 Å². The molecule has 1 aromatic rings. The van der Waals surface area contributed by atoms with Crippen LogP contribution in [0.15, 0.2) is 22.7 Å². The summed E-state index contributed by atoms with van der Waals surface area (Å²) < 4.78 is 0.736. The lowest BCUT2D eigenvalue weighted by atomic mass is 10.2. The highest BCUT2D eigenvalue weighted by Crippen LogP contribution is 2.25. The van der Waals surface area contributed by atoms with E-state index in [0.717, 1.165) is 4.47 Å². The van der Waals surface area contributed by atoms with E-state index in [2.05, 4.69) is 21.2 Å². The number of carbonyl (C=O) groups excluding carboxylic acids is 1. The predicted molar refractivity (Wildman–Crippen MR) is 77.6 cm³/mol. The van der Waals surface area contributed by atoms with Crippen LogP contribution in [0.3, 0.4) is 0 Å². The largest absolute Gasteiger partial charge is 0.481 e. The number of nitrogens with one attached hydrogen (secondary N) is 1. The number of carboxylic acids is 1. The van der Waals surface area contributed by atoms with Gasteiger partial charge in [0.15, 0.2) is 0 Å². The highest BCUT2D eigenvalue weighted by molar-refractivity contribution is 9.10. The molecular formula is C12H14BrClN2O3. The summed E-state index contributed by atoms with van der Waals surface area (Å²) in [6.45, 7) is 1.67. The normalized spacial score (nSPS) is 11.8. The van der Waals surface area contributed by atoms with E-state index in [-0.39, 0.29) is 12.6 Å². The number of rotatable bonds is 4. The average Bonchev–Trinajstić information content (AvgIpc) is 2.33. The lowest BCUT2D eigenvalue weighted by molar-refractivity contribution is -0.141. The zero-order chi connectivity index (χ0) is 14.6. The van der Waals surface area contributed by atoms with Crippen LogP contribution in [0.25, 0.3) is 0 Å². The van der Waals surface area contributed by atoms with Crippen molar-refractivity contribution < 1.29 is 14.7 Å². The molecule has 0 saturated heterocycles. The fourth-order valence-corrected chi connectivity index (χ4v) is 1.79. The number of amides is 2. The van der Waals surface area contributed by atoms with Crippen LogP contribution >= 0.6 is 27.5 Å². The van der Waals surface area contributed by atoms with Gasteiger partial charge in [0.2, 0.25) is 0 Å². The molecule has 2 amide bonds. The molecule has 0 heterocycles. The van der Waals surface area contributed by atoms with Gasteiger partial charge in [-0.2, -0.15) is 0 Å². The smallest absolute Gasteiger partial charge is 0.321 e. The quantitative estimate of drug-likeness (QED) is 0.876. The fraction of sp³-hybridized carbons (Fsp3) is 0.333. The summed E-state index contributed by atoms with van der Waals surface area (Å²) >= 11 is 9.17. The number of carbonyl (C=O) groups is 2. The Hall–Kier alpha value is -1.27. The maximum absolute atomic E-state index is 11.8. The molecule has 19 heavy (non-hydrogen) atoms. The summed E-state index contributed by atoms with van der Waals surface area (Å²) in [6.07, 6.45) is 0. The minimum atomic E-state index is -0.939. The fourth-order valence-electron chi connectivity index (χ4n) is 1.36. The summed E-state index contributed by atoms with van der Waals surface area (Å²) in [5.74, 6) is -1.56. The molecule has 0 aliphatic heterocycles. The van der Waals surface area contributed by atoms with E-state index < -0.39 is 11.9 Å². The van der Waals surface area contributed by atoms with E-state index in [9.17, 15) is 9.59 Å². The molecule has 1 unspecified atom stereocenters. The molecule has 0 aliphatic carbocycles. The van der Waals surface area contributed by atoms with Gasteiger partial charge in [-0.25, -0.2) is 4.79 Å². The van der Waals surface area contributed by atoms with Gasteiger partial charge in [-0.3, -0.25) is 4.79 Å². The van der Waals surface area contributed by atoms with Gasteiger partial charge < -0.3 is 15.3 Å². The van der Waals surface area contributed by atoms with Crippen LogP contribution < -0.4 is 5.32 Å². The van der Waals surface area contributed by atoms with Gasteiger partial charge in [-0.1, -0.05) is 18.5 Å². The topological polar surface area (TPSA) is 69.6 Å². The number of anilines is 1. The SMILES string of the molecule is CC(CN(C)C(=O)Nc1ccc(Br)c(Cl)c1)C(=O)O. The highest BCUT2D eigenvalue weighted by atomic mass is 79.9. The van der Waals surface area contributed by atoms with Crippen LogP contribution in [0.4, 0.5) is 10.5 Å². The number of halogens is 2. The number of aliphatic carboxylic acids is 1. The van der Waals surface area contributed by atoms with Crippen molar-refractivity contribution in [2.75, 3.05) is 18.9 Å². The molecule has 0 aromatic heterocycles. The minimum absolute atomic E-state index is 0.130. The second-order valence-electron chi connectivity index (χ2n) is 4.18. The Bertz CT molecular complexity index is 496. The first kappa shape index (κ1) is 15.8. The zero-order valence-electron chi connectivity index (χ0n) is 10.5. The number of benzene rings is 1. The Labute approximate surface area is 124 Å². The van der Waals surface area contributed by atoms with E-state index in [1.807, 2.05) is 0 Å². The molecule has 0 saturated carbocycles. The van der Waals surface area contributed by atoms with Gasteiger partial charge >= 0.3 is 12.0 Å². The minimum Gasteiger partial charge on any atom is -0.481 e. The summed E-state index contributed by atoms with van der Waals surface area (Å²) in [6, 6.07) is 4.64. The lowest BCUT2D eigenvalue weighted by Gasteiger charge is -2.20. The van der Waals surface area contributed by atoms with Crippen molar-refractivity contribution in [2.24, 2.45) is 5.92 Å². The second kappa shape index (κ2) is 6.77. The molecule has 7 heteroatoms. The van der Waals surface area contributed by atoms with Crippen molar-refractivity contribution in [3.05, 3.63) is 27.7 Å². The standard InChI is InChI=1S/C12H14BrClN2O3/c1-7(11(17)18)6-16(2)12(19)15-8-3-4-9(13)10(14)5-8/h3-5,7H,6H2,1-2H3,(H,15,19)(H,17,18). The van der Waals surface area contributed by atoms with Gasteiger partial charge in [0.1, 0.15) is 0 Å². The van der Waals surface area contributed by atoms with E-state index in [1.165, 1.54) is 11.9 Å². The van der Waals surface area contributed by atoms with Gasteiger partial charge in [0.05, 0.1) is 10.9 Å². The van der Waals surface area contributed by atoms with Crippen LogP contribution in [0.5, 0.6) is 0 Å². The molecule has 2 N–H and O–H groups in total. The molecule has 1 rings (SSSR count). The molecule has 0 radical (unpaired) electrons. The maximum Gasteiger partial charge on any atom is 0.321 e. The van der Waals surface area contributed by atoms with Crippen molar-refractivity contribution in [1.82, 2.24) is 4.90 Å². The molecule has 1 aromatic carbocycles. The Morgan fingerprint density at radius 2 is 2.16 bits per heavy atom. The van der Waals surface area contributed by atoms with Crippen molar-refractivity contribution in [2.45, 2.75) is 6.92 Å². The van der Waals surface area contributed by atoms with Crippen LogP contribution in [-0.4, -0.2) is 35.6 Å². The molecule has 1 atom stereocenters. The van der Waals surface area contributed by atoms with E-state index in [1.54, 1.807) is 25.1 Å². The Balaban J connectivity index is 2.63. The van der Waals surface area contributed by atoms with Gasteiger partial charge in [-0.05, 0) is 34.1 Å². The van der Waals surface area contributed by atoms with E-state index in [0.29, 0.717) is 10.7 Å². The molecule has 0 spiro atoms. The van der Waals surface area contributed by atoms with Gasteiger partial charge in [-0.15, -0.1) is 0 Å². The second-order valence-corrected chi connectivity index (χ2v) is 5.44. The Kier molecular flexibility index (Phi) is 5.62.